The number of hydrogen-bond acceptors (Lipinski definition) is 2. The zero-order chi connectivity index (χ0) is 15.4. The largest absolute Gasteiger partial charge is 0.381 e. The lowest BCUT2D eigenvalue weighted by molar-refractivity contribution is 0.0729. The molecule has 0 saturated heterocycles. The van der Waals surface area contributed by atoms with Crippen LogP contribution in [0.3, 0.4) is 0 Å². The number of nitrogens with zero attached hydrogens (tertiary/aromatic N) is 1. The molecule has 0 aliphatic heterocycles. The van der Waals surface area contributed by atoms with Crippen LogP contribution in [0.25, 0.3) is 0 Å². The average molecular weight is 277 g/mol. The normalized spacial score (nSPS) is 14.3. The Morgan fingerprint density at radius 3 is 2.20 bits per heavy atom. The Hall–Kier alpha value is -0.890. The van der Waals surface area contributed by atoms with E-state index in [2.05, 4.69) is 65.6 Å². The van der Waals surface area contributed by atoms with Crippen molar-refractivity contribution >= 4 is 0 Å². The molecule has 0 radical (unpaired) electrons. The fourth-order valence-corrected chi connectivity index (χ4v) is 1.90. The van der Waals surface area contributed by atoms with Crippen LogP contribution in [0.5, 0.6) is 0 Å². The second-order valence-electron chi connectivity index (χ2n) is 8.03. The Balaban J connectivity index is 2.47. The molecule has 2 nitrogen and oxygen atoms in total. The number of pyridine rings is 1. The first-order valence-corrected chi connectivity index (χ1v) is 7.62. The Morgan fingerprint density at radius 2 is 1.75 bits per heavy atom. The van der Waals surface area contributed by atoms with Crippen LogP contribution in [0.4, 0.5) is 0 Å². The molecule has 1 aromatic heterocycles. The summed E-state index contributed by atoms with van der Waals surface area (Å²) >= 11 is 0. The lowest BCUT2D eigenvalue weighted by atomic mass is 9.78. The van der Waals surface area contributed by atoms with Crippen LogP contribution >= 0.6 is 0 Å². The van der Waals surface area contributed by atoms with E-state index < -0.39 is 0 Å². The number of rotatable bonds is 5. The van der Waals surface area contributed by atoms with Crippen molar-refractivity contribution in [3.05, 3.63) is 29.6 Å². The lowest BCUT2D eigenvalue weighted by Crippen LogP contribution is -2.16. The molecule has 0 amide bonds. The van der Waals surface area contributed by atoms with Gasteiger partial charge in [0, 0.05) is 18.3 Å². The minimum Gasteiger partial charge on any atom is -0.381 e. The van der Waals surface area contributed by atoms with Gasteiger partial charge in [0.2, 0.25) is 0 Å². The lowest BCUT2D eigenvalue weighted by Gasteiger charge is -2.27. The van der Waals surface area contributed by atoms with Crippen LogP contribution in [-0.2, 0) is 11.2 Å². The van der Waals surface area contributed by atoms with Gasteiger partial charge in [-0.3, -0.25) is 4.98 Å². The summed E-state index contributed by atoms with van der Waals surface area (Å²) in [5.41, 5.74) is 2.94. The molecule has 0 spiro atoms. The molecule has 2 heteroatoms. The standard InChI is InChI=1S/C18H31NO/c1-14(18(5,6)7)15-8-9-16(19-12-15)10-11-20-13-17(2,3)4/h8-9,12,14H,10-11,13H2,1-7H3. The molecular formula is C18H31NO. The summed E-state index contributed by atoms with van der Waals surface area (Å²) in [7, 11) is 0. The van der Waals surface area contributed by atoms with Crippen molar-refractivity contribution in [1.29, 1.82) is 0 Å². The Labute approximate surface area is 125 Å². The molecule has 1 atom stereocenters. The highest BCUT2D eigenvalue weighted by atomic mass is 16.5. The van der Waals surface area contributed by atoms with Crippen molar-refractivity contribution in [2.24, 2.45) is 10.8 Å². The Bertz CT molecular complexity index is 395. The molecule has 0 saturated carbocycles. The summed E-state index contributed by atoms with van der Waals surface area (Å²) in [6, 6.07) is 4.35. The summed E-state index contributed by atoms with van der Waals surface area (Å²) < 4.78 is 5.69. The minimum absolute atomic E-state index is 0.236. The first kappa shape index (κ1) is 17.2. The molecule has 1 heterocycles. The van der Waals surface area contributed by atoms with Gasteiger partial charge in [-0.25, -0.2) is 0 Å². The monoisotopic (exact) mass is 277 g/mol. The third-order valence-corrected chi connectivity index (χ3v) is 3.68. The van der Waals surface area contributed by atoms with E-state index in [9.17, 15) is 0 Å². The summed E-state index contributed by atoms with van der Waals surface area (Å²) in [5, 5.41) is 0. The molecule has 0 N–H and O–H groups in total. The van der Waals surface area contributed by atoms with Crippen LogP contribution in [0, 0.1) is 10.8 Å². The minimum atomic E-state index is 0.236. The molecule has 0 aliphatic carbocycles. The van der Waals surface area contributed by atoms with Gasteiger partial charge < -0.3 is 4.74 Å². The third kappa shape index (κ3) is 6.04. The van der Waals surface area contributed by atoms with E-state index in [4.69, 9.17) is 4.74 Å². The molecule has 1 unspecified atom stereocenters. The van der Waals surface area contributed by atoms with Crippen LogP contribution < -0.4 is 0 Å². The average Bonchev–Trinajstić information content (AvgIpc) is 2.32. The van der Waals surface area contributed by atoms with Crippen molar-refractivity contribution < 1.29 is 4.74 Å². The second kappa shape index (κ2) is 6.71. The highest BCUT2D eigenvalue weighted by Crippen LogP contribution is 2.33. The van der Waals surface area contributed by atoms with Crippen molar-refractivity contribution in [1.82, 2.24) is 4.98 Å². The third-order valence-electron chi connectivity index (χ3n) is 3.68. The zero-order valence-electron chi connectivity index (χ0n) is 14.3. The van der Waals surface area contributed by atoms with Gasteiger partial charge in [0.15, 0.2) is 0 Å². The summed E-state index contributed by atoms with van der Waals surface area (Å²) in [6.07, 6.45) is 2.91. The van der Waals surface area contributed by atoms with Crippen molar-refractivity contribution in [2.45, 2.75) is 60.8 Å². The summed E-state index contributed by atoms with van der Waals surface area (Å²) in [4.78, 5) is 4.57. The molecular weight excluding hydrogens is 246 g/mol. The molecule has 1 rings (SSSR count). The summed E-state index contributed by atoms with van der Waals surface area (Å²) in [5.74, 6) is 0.515. The SMILES string of the molecule is CC(c1ccc(CCOCC(C)(C)C)nc1)C(C)(C)C. The van der Waals surface area contributed by atoms with E-state index in [1.807, 2.05) is 6.20 Å². The highest BCUT2D eigenvalue weighted by Gasteiger charge is 2.21. The van der Waals surface area contributed by atoms with Crippen LogP contribution in [0.15, 0.2) is 18.3 Å². The maximum Gasteiger partial charge on any atom is 0.0521 e. The quantitative estimate of drug-likeness (QED) is 0.719. The second-order valence-corrected chi connectivity index (χ2v) is 8.03. The van der Waals surface area contributed by atoms with E-state index in [-0.39, 0.29) is 10.8 Å². The summed E-state index contributed by atoms with van der Waals surface area (Å²) in [6.45, 7) is 17.2. The van der Waals surface area contributed by atoms with Gasteiger partial charge in [0.25, 0.3) is 0 Å². The van der Waals surface area contributed by atoms with E-state index in [1.54, 1.807) is 0 Å². The maximum absolute atomic E-state index is 5.69. The van der Waals surface area contributed by atoms with Gasteiger partial charge in [-0.15, -0.1) is 0 Å². The van der Waals surface area contributed by atoms with Gasteiger partial charge in [-0.2, -0.15) is 0 Å². The smallest absolute Gasteiger partial charge is 0.0521 e. The van der Waals surface area contributed by atoms with E-state index >= 15 is 0 Å². The van der Waals surface area contributed by atoms with E-state index in [1.165, 1.54) is 5.56 Å². The Kier molecular flexibility index (Phi) is 5.76. The predicted molar refractivity (Wildman–Crippen MR) is 86.1 cm³/mol. The molecule has 0 aliphatic rings. The van der Waals surface area contributed by atoms with Gasteiger partial charge in [0.05, 0.1) is 13.2 Å². The molecule has 114 valence electrons. The number of ether oxygens (including phenoxy) is 1. The van der Waals surface area contributed by atoms with E-state index in [0.29, 0.717) is 5.92 Å². The van der Waals surface area contributed by atoms with Gasteiger partial charge in [-0.1, -0.05) is 54.5 Å². The van der Waals surface area contributed by atoms with Crippen molar-refractivity contribution in [3.8, 4) is 0 Å². The highest BCUT2D eigenvalue weighted by molar-refractivity contribution is 5.19. The van der Waals surface area contributed by atoms with Crippen molar-refractivity contribution in [2.75, 3.05) is 13.2 Å². The fourth-order valence-electron chi connectivity index (χ4n) is 1.90. The number of aromatic nitrogens is 1. The molecule has 0 aromatic carbocycles. The molecule has 20 heavy (non-hydrogen) atoms. The fraction of sp³-hybridized carbons (Fsp3) is 0.722. The van der Waals surface area contributed by atoms with Crippen molar-refractivity contribution in [3.63, 3.8) is 0 Å². The predicted octanol–water partition coefficient (Wildman–Crippen LogP) is 4.84. The van der Waals surface area contributed by atoms with Crippen LogP contribution in [-0.4, -0.2) is 18.2 Å². The zero-order valence-corrected chi connectivity index (χ0v) is 14.3. The molecule has 0 bridgehead atoms. The van der Waals surface area contributed by atoms with Gasteiger partial charge >= 0.3 is 0 Å². The maximum atomic E-state index is 5.69. The first-order valence-electron chi connectivity index (χ1n) is 7.62. The Morgan fingerprint density at radius 1 is 1.10 bits per heavy atom. The van der Waals surface area contributed by atoms with Gasteiger partial charge in [-0.05, 0) is 28.4 Å². The molecule has 0 fully saturated rings. The van der Waals surface area contributed by atoms with E-state index in [0.717, 1.165) is 25.3 Å². The van der Waals surface area contributed by atoms with Crippen LogP contribution in [0.1, 0.15) is 65.6 Å². The number of hydrogen-bond donors (Lipinski definition) is 0. The van der Waals surface area contributed by atoms with Gasteiger partial charge in [0.1, 0.15) is 0 Å². The first-order chi connectivity index (χ1) is 9.09. The van der Waals surface area contributed by atoms with Crippen LogP contribution in [0.2, 0.25) is 0 Å². The topological polar surface area (TPSA) is 22.1 Å². The molecule has 1 aromatic rings.